The van der Waals surface area contributed by atoms with Crippen LogP contribution in [0.4, 0.5) is 5.69 Å². The van der Waals surface area contributed by atoms with E-state index in [9.17, 15) is 4.79 Å². The normalized spacial score (nSPS) is 16.3. The second-order valence-electron chi connectivity index (χ2n) is 5.32. The second-order valence-corrected chi connectivity index (χ2v) is 5.32. The Morgan fingerprint density at radius 1 is 1.39 bits per heavy atom. The topological polar surface area (TPSA) is 46.3 Å². The van der Waals surface area contributed by atoms with Crippen molar-refractivity contribution in [2.45, 2.75) is 38.6 Å². The van der Waals surface area contributed by atoms with Crippen molar-refractivity contribution in [2.75, 3.05) is 12.8 Å². The third-order valence-electron chi connectivity index (χ3n) is 3.92. The molecule has 1 saturated carbocycles. The molecule has 1 aliphatic rings. The number of benzene rings is 1. The van der Waals surface area contributed by atoms with E-state index >= 15 is 0 Å². The Kier molecular flexibility index (Phi) is 3.90. The maximum absolute atomic E-state index is 12.1. The Morgan fingerprint density at radius 3 is 2.56 bits per heavy atom. The summed E-state index contributed by atoms with van der Waals surface area (Å²) >= 11 is 0. The Morgan fingerprint density at radius 2 is 2.00 bits per heavy atom. The molecule has 3 heteroatoms. The Balaban J connectivity index is 1.81. The molecule has 1 aliphatic carbocycles. The molecule has 1 fully saturated rings. The van der Waals surface area contributed by atoms with Gasteiger partial charge in [0.15, 0.2) is 0 Å². The van der Waals surface area contributed by atoms with Gasteiger partial charge < -0.3 is 10.6 Å². The van der Waals surface area contributed by atoms with Gasteiger partial charge in [-0.25, -0.2) is 0 Å². The van der Waals surface area contributed by atoms with Crippen molar-refractivity contribution in [3.05, 3.63) is 29.8 Å². The van der Waals surface area contributed by atoms with Crippen molar-refractivity contribution in [3.8, 4) is 0 Å². The third kappa shape index (κ3) is 3.25. The summed E-state index contributed by atoms with van der Waals surface area (Å²) in [7, 11) is 1.92. The zero-order valence-corrected chi connectivity index (χ0v) is 11.2. The number of amides is 1. The van der Waals surface area contributed by atoms with E-state index in [1.54, 1.807) is 0 Å². The molecule has 3 nitrogen and oxygen atoms in total. The molecule has 1 atom stereocenters. The minimum Gasteiger partial charge on any atom is -0.399 e. The summed E-state index contributed by atoms with van der Waals surface area (Å²) in [6, 6.07) is 8.15. The molecule has 0 heterocycles. The molecule has 18 heavy (non-hydrogen) atoms. The minimum absolute atomic E-state index is 0.242. The van der Waals surface area contributed by atoms with E-state index in [1.807, 2.05) is 36.2 Å². The highest BCUT2D eigenvalue weighted by Crippen LogP contribution is 2.34. The zero-order chi connectivity index (χ0) is 13.1. The molecule has 0 aliphatic heterocycles. The largest absolute Gasteiger partial charge is 0.399 e. The van der Waals surface area contributed by atoms with Gasteiger partial charge in [0.1, 0.15) is 0 Å². The first-order chi connectivity index (χ1) is 8.58. The van der Waals surface area contributed by atoms with Crippen LogP contribution in [0.15, 0.2) is 24.3 Å². The van der Waals surface area contributed by atoms with Crippen molar-refractivity contribution in [1.29, 1.82) is 0 Å². The number of hydrogen-bond donors (Lipinski definition) is 1. The van der Waals surface area contributed by atoms with Gasteiger partial charge in [0.2, 0.25) is 5.91 Å². The lowest BCUT2D eigenvalue weighted by Crippen LogP contribution is -2.36. The number of nitrogens with two attached hydrogens (primary N) is 1. The Bertz CT molecular complexity index is 409. The maximum Gasteiger partial charge on any atom is 0.222 e. The molecule has 0 spiro atoms. The number of nitrogens with zero attached hydrogens (tertiary/aromatic N) is 1. The fraction of sp³-hybridized carbons (Fsp3) is 0.533. The summed E-state index contributed by atoms with van der Waals surface area (Å²) in [4.78, 5) is 14.0. The summed E-state index contributed by atoms with van der Waals surface area (Å²) in [5, 5.41) is 0. The van der Waals surface area contributed by atoms with E-state index in [1.165, 1.54) is 18.4 Å². The molecule has 0 saturated heterocycles. The Labute approximate surface area is 109 Å². The van der Waals surface area contributed by atoms with Crippen molar-refractivity contribution in [2.24, 2.45) is 5.92 Å². The average Bonchev–Trinajstić information content (AvgIpc) is 3.20. The van der Waals surface area contributed by atoms with Gasteiger partial charge in [-0.3, -0.25) is 4.79 Å². The summed E-state index contributed by atoms with van der Waals surface area (Å²) in [5.41, 5.74) is 7.58. The van der Waals surface area contributed by atoms with E-state index in [-0.39, 0.29) is 5.91 Å². The molecule has 0 radical (unpaired) electrons. The molecule has 1 aromatic carbocycles. The van der Waals surface area contributed by atoms with Crippen molar-refractivity contribution in [1.82, 2.24) is 4.90 Å². The van der Waals surface area contributed by atoms with Crippen molar-refractivity contribution < 1.29 is 4.79 Å². The quantitative estimate of drug-likeness (QED) is 0.811. The number of aryl methyl sites for hydroxylation is 1. The van der Waals surface area contributed by atoms with Crippen molar-refractivity contribution in [3.63, 3.8) is 0 Å². The minimum atomic E-state index is 0.242. The zero-order valence-electron chi connectivity index (χ0n) is 11.2. The van der Waals surface area contributed by atoms with E-state index in [4.69, 9.17) is 5.73 Å². The number of carbonyl (C=O) groups is 1. The smallest absolute Gasteiger partial charge is 0.222 e. The Hall–Kier alpha value is -1.51. The summed E-state index contributed by atoms with van der Waals surface area (Å²) in [5.74, 6) is 0.974. The highest BCUT2D eigenvalue weighted by atomic mass is 16.2. The van der Waals surface area contributed by atoms with Crippen LogP contribution in [-0.4, -0.2) is 23.9 Å². The van der Waals surface area contributed by atoms with Crippen LogP contribution >= 0.6 is 0 Å². The van der Waals surface area contributed by atoms with Gasteiger partial charge in [-0.05, 0) is 49.8 Å². The van der Waals surface area contributed by atoms with Gasteiger partial charge in [0.25, 0.3) is 0 Å². The van der Waals surface area contributed by atoms with Crippen LogP contribution < -0.4 is 5.73 Å². The van der Waals surface area contributed by atoms with Crippen LogP contribution in [0.5, 0.6) is 0 Å². The van der Waals surface area contributed by atoms with Gasteiger partial charge in [-0.15, -0.1) is 0 Å². The predicted molar refractivity (Wildman–Crippen MR) is 74.1 cm³/mol. The number of nitrogen functional groups attached to an aromatic ring is 1. The second kappa shape index (κ2) is 5.42. The molecule has 0 bridgehead atoms. The molecule has 1 amide bonds. The molecule has 98 valence electrons. The van der Waals surface area contributed by atoms with Crippen LogP contribution in [0.3, 0.4) is 0 Å². The number of anilines is 1. The van der Waals surface area contributed by atoms with Crippen LogP contribution in [0.1, 0.15) is 31.7 Å². The van der Waals surface area contributed by atoms with Gasteiger partial charge in [-0.1, -0.05) is 12.1 Å². The first kappa shape index (κ1) is 12.9. The number of hydrogen-bond acceptors (Lipinski definition) is 2. The van der Waals surface area contributed by atoms with E-state index < -0.39 is 0 Å². The summed E-state index contributed by atoms with van der Waals surface area (Å²) in [6.45, 7) is 2.15. The lowest BCUT2D eigenvalue weighted by atomic mass is 10.1. The first-order valence-electron chi connectivity index (χ1n) is 6.68. The van der Waals surface area contributed by atoms with E-state index in [0.717, 1.165) is 18.0 Å². The van der Waals surface area contributed by atoms with Gasteiger partial charge in [0, 0.05) is 25.2 Å². The molecule has 2 N–H and O–H groups in total. The van der Waals surface area contributed by atoms with E-state index in [0.29, 0.717) is 12.5 Å². The van der Waals surface area contributed by atoms with Crippen LogP contribution in [0.25, 0.3) is 0 Å². The highest BCUT2D eigenvalue weighted by Gasteiger charge is 2.32. The maximum atomic E-state index is 12.1. The van der Waals surface area contributed by atoms with E-state index in [2.05, 4.69) is 6.92 Å². The van der Waals surface area contributed by atoms with Gasteiger partial charge >= 0.3 is 0 Å². The monoisotopic (exact) mass is 246 g/mol. The molecule has 2 rings (SSSR count). The van der Waals surface area contributed by atoms with Gasteiger partial charge in [0.05, 0.1) is 0 Å². The molecule has 1 aromatic rings. The number of carbonyl (C=O) groups excluding carboxylic acids is 1. The molecule has 1 unspecified atom stereocenters. The third-order valence-corrected chi connectivity index (χ3v) is 3.92. The fourth-order valence-corrected chi connectivity index (χ4v) is 2.23. The molecular formula is C15H22N2O. The lowest BCUT2D eigenvalue weighted by molar-refractivity contribution is -0.132. The highest BCUT2D eigenvalue weighted by molar-refractivity contribution is 5.76. The predicted octanol–water partition coefficient (Wildman–Crippen LogP) is 2.46. The standard InChI is InChI=1S/C15H22N2O/c1-11(13-6-7-13)17(2)15(18)10-5-12-3-8-14(16)9-4-12/h3-4,8-9,11,13H,5-7,10,16H2,1-2H3. The fourth-order valence-electron chi connectivity index (χ4n) is 2.23. The van der Waals surface area contributed by atoms with Crippen LogP contribution in [0, 0.1) is 5.92 Å². The van der Waals surface area contributed by atoms with Gasteiger partial charge in [-0.2, -0.15) is 0 Å². The molecular weight excluding hydrogens is 224 g/mol. The SMILES string of the molecule is CC(C1CC1)N(C)C(=O)CCc1ccc(N)cc1. The van der Waals surface area contributed by atoms with Crippen LogP contribution in [0.2, 0.25) is 0 Å². The van der Waals surface area contributed by atoms with Crippen molar-refractivity contribution >= 4 is 11.6 Å². The summed E-state index contributed by atoms with van der Waals surface area (Å²) in [6.07, 6.45) is 3.92. The average molecular weight is 246 g/mol. The van der Waals surface area contributed by atoms with Crippen LogP contribution in [-0.2, 0) is 11.2 Å². The number of rotatable bonds is 5. The summed E-state index contributed by atoms with van der Waals surface area (Å²) < 4.78 is 0. The lowest BCUT2D eigenvalue weighted by Gasteiger charge is -2.25. The first-order valence-corrected chi connectivity index (χ1v) is 6.68. The molecule has 0 aromatic heterocycles.